The normalized spacial score (nSPS) is 26.7. The molecule has 3 rings (SSSR count). The van der Waals surface area contributed by atoms with Crippen molar-refractivity contribution in [1.82, 2.24) is 10.2 Å². The van der Waals surface area contributed by atoms with Crippen LogP contribution in [0.25, 0.3) is 0 Å². The maximum Gasteiger partial charge on any atom is 0.229 e. The molecule has 2 aliphatic rings. The molecular weight excluding hydrogens is 226 g/mol. The van der Waals surface area contributed by atoms with Crippen LogP contribution in [0.4, 0.5) is 5.69 Å². The lowest BCUT2D eigenvalue weighted by molar-refractivity contribution is -0.122. The van der Waals surface area contributed by atoms with Crippen molar-refractivity contribution in [2.75, 3.05) is 32.0 Å². The number of amides is 1. The van der Waals surface area contributed by atoms with Gasteiger partial charge in [-0.25, -0.2) is 0 Å². The van der Waals surface area contributed by atoms with E-state index >= 15 is 0 Å². The van der Waals surface area contributed by atoms with Gasteiger partial charge in [-0.2, -0.15) is 0 Å². The molecule has 1 saturated heterocycles. The molecule has 0 bridgehead atoms. The highest BCUT2D eigenvalue weighted by Gasteiger charge is 2.30. The number of likely N-dealkylation sites (N-methyl/N-ethyl adjacent to an activating group) is 1. The van der Waals surface area contributed by atoms with Crippen molar-refractivity contribution < 1.29 is 4.79 Å². The third-order valence-electron chi connectivity index (χ3n) is 3.89. The molecule has 1 amide bonds. The summed E-state index contributed by atoms with van der Waals surface area (Å²) in [6.45, 7) is 2.76. The van der Waals surface area contributed by atoms with Crippen LogP contribution in [0.15, 0.2) is 24.3 Å². The minimum absolute atomic E-state index is 0.0351. The molecule has 1 aromatic carbocycles. The zero-order chi connectivity index (χ0) is 12.5. The number of nitrogens with one attached hydrogen (secondary N) is 2. The van der Waals surface area contributed by atoms with Crippen molar-refractivity contribution in [3.8, 4) is 0 Å². The number of hydrogen-bond donors (Lipinski definition) is 2. The number of nitrogens with zero attached hydrogens (tertiary/aromatic N) is 1. The Morgan fingerprint density at radius 2 is 2.28 bits per heavy atom. The summed E-state index contributed by atoms with van der Waals surface area (Å²) in [5.74, 6) is 0.125. The van der Waals surface area contributed by atoms with E-state index in [0.717, 1.165) is 30.8 Å². The standard InChI is InChI=1S/C14H19N3O/c1-17-7-6-10(9-17)16-14(18)12-8-15-13-5-3-2-4-11(12)13/h2-5,10,12,15H,6-9H2,1H3,(H,16,18). The number of fused-ring (bicyclic) bond motifs is 1. The quantitative estimate of drug-likeness (QED) is 0.817. The highest BCUT2D eigenvalue weighted by atomic mass is 16.2. The number of hydrogen-bond acceptors (Lipinski definition) is 3. The molecule has 4 nitrogen and oxygen atoms in total. The van der Waals surface area contributed by atoms with Gasteiger partial charge in [0.05, 0.1) is 5.92 Å². The van der Waals surface area contributed by atoms with Crippen LogP contribution in [0.3, 0.4) is 0 Å². The minimum Gasteiger partial charge on any atom is -0.384 e. The van der Waals surface area contributed by atoms with E-state index in [1.165, 1.54) is 0 Å². The zero-order valence-corrected chi connectivity index (χ0v) is 10.6. The molecule has 2 aliphatic heterocycles. The van der Waals surface area contributed by atoms with Crippen LogP contribution >= 0.6 is 0 Å². The molecule has 96 valence electrons. The SMILES string of the molecule is CN1CCC(NC(=O)C2CNc3ccccc32)C1. The average molecular weight is 245 g/mol. The average Bonchev–Trinajstić information content (AvgIpc) is 2.95. The molecule has 18 heavy (non-hydrogen) atoms. The van der Waals surface area contributed by atoms with E-state index in [1.807, 2.05) is 24.3 Å². The third kappa shape index (κ3) is 2.08. The number of carbonyl (C=O) groups is 1. The van der Waals surface area contributed by atoms with Crippen LogP contribution in [0.5, 0.6) is 0 Å². The van der Waals surface area contributed by atoms with Crippen molar-refractivity contribution in [3.05, 3.63) is 29.8 Å². The van der Waals surface area contributed by atoms with Crippen LogP contribution < -0.4 is 10.6 Å². The molecule has 2 unspecified atom stereocenters. The van der Waals surface area contributed by atoms with E-state index in [4.69, 9.17) is 0 Å². The first-order valence-electron chi connectivity index (χ1n) is 6.56. The van der Waals surface area contributed by atoms with E-state index in [9.17, 15) is 4.79 Å². The van der Waals surface area contributed by atoms with E-state index in [2.05, 4.69) is 22.6 Å². The molecule has 0 saturated carbocycles. The molecule has 0 aliphatic carbocycles. The Kier molecular flexibility index (Phi) is 2.96. The molecule has 1 fully saturated rings. The predicted molar refractivity (Wildman–Crippen MR) is 71.7 cm³/mol. The smallest absolute Gasteiger partial charge is 0.229 e. The Morgan fingerprint density at radius 1 is 1.44 bits per heavy atom. The molecule has 2 atom stereocenters. The lowest BCUT2D eigenvalue weighted by atomic mass is 10.00. The van der Waals surface area contributed by atoms with Gasteiger partial charge in [-0.15, -0.1) is 0 Å². The second-order valence-electron chi connectivity index (χ2n) is 5.28. The van der Waals surface area contributed by atoms with Gasteiger partial charge in [-0.3, -0.25) is 4.79 Å². The summed E-state index contributed by atoms with van der Waals surface area (Å²) in [5.41, 5.74) is 2.22. The highest BCUT2D eigenvalue weighted by Crippen LogP contribution is 2.31. The predicted octanol–water partition coefficient (Wildman–Crippen LogP) is 1.02. The summed E-state index contributed by atoms with van der Waals surface area (Å²) in [6, 6.07) is 8.38. The summed E-state index contributed by atoms with van der Waals surface area (Å²) >= 11 is 0. The largest absolute Gasteiger partial charge is 0.384 e. The van der Waals surface area contributed by atoms with Gasteiger partial charge in [0, 0.05) is 24.8 Å². The van der Waals surface area contributed by atoms with Crippen LogP contribution in [-0.4, -0.2) is 43.5 Å². The van der Waals surface area contributed by atoms with Gasteiger partial charge in [0.2, 0.25) is 5.91 Å². The fourth-order valence-corrected chi connectivity index (χ4v) is 2.87. The number of rotatable bonds is 2. The topological polar surface area (TPSA) is 44.4 Å². The first-order valence-corrected chi connectivity index (χ1v) is 6.56. The first kappa shape index (κ1) is 11.5. The van der Waals surface area contributed by atoms with Crippen molar-refractivity contribution in [3.63, 3.8) is 0 Å². The van der Waals surface area contributed by atoms with Crippen molar-refractivity contribution in [2.24, 2.45) is 0 Å². The van der Waals surface area contributed by atoms with Crippen molar-refractivity contribution >= 4 is 11.6 Å². The summed E-state index contributed by atoms with van der Waals surface area (Å²) in [4.78, 5) is 14.6. The van der Waals surface area contributed by atoms with Crippen LogP contribution in [0.2, 0.25) is 0 Å². The molecule has 0 spiro atoms. The Hall–Kier alpha value is -1.55. The van der Waals surface area contributed by atoms with E-state index in [0.29, 0.717) is 12.6 Å². The lowest BCUT2D eigenvalue weighted by Gasteiger charge is -2.16. The zero-order valence-electron chi connectivity index (χ0n) is 10.6. The monoisotopic (exact) mass is 245 g/mol. The van der Waals surface area contributed by atoms with Gasteiger partial charge in [-0.05, 0) is 31.6 Å². The van der Waals surface area contributed by atoms with E-state index in [1.54, 1.807) is 0 Å². The number of anilines is 1. The van der Waals surface area contributed by atoms with Gasteiger partial charge in [0.15, 0.2) is 0 Å². The third-order valence-corrected chi connectivity index (χ3v) is 3.89. The highest BCUT2D eigenvalue weighted by molar-refractivity contribution is 5.88. The Labute approximate surface area is 107 Å². The van der Waals surface area contributed by atoms with Crippen LogP contribution in [-0.2, 0) is 4.79 Å². The van der Waals surface area contributed by atoms with E-state index in [-0.39, 0.29) is 11.8 Å². The van der Waals surface area contributed by atoms with Gasteiger partial charge < -0.3 is 15.5 Å². The minimum atomic E-state index is -0.0351. The van der Waals surface area contributed by atoms with Crippen molar-refractivity contribution in [1.29, 1.82) is 0 Å². The second kappa shape index (κ2) is 4.61. The fraction of sp³-hybridized carbons (Fsp3) is 0.500. The molecule has 4 heteroatoms. The van der Waals surface area contributed by atoms with Gasteiger partial charge in [0.25, 0.3) is 0 Å². The van der Waals surface area contributed by atoms with Crippen molar-refractivity contribution in [2.45, 2.75) is 18.4 Å². The number of para-hydroxylation sites is 1. The number of carbonyl (C=O) groups excluding carboxylic acids is 1. The summed E-state index contributed by atoms with van der Waals surface area (Å²) in [7, 11) is 2.10. The first-order chi connectivity index (χ1) is 8.74. The van der Waals surface area contributed by atoms with Gasteiger partial charge in [0.1, 0.15) is 0 Å². The number of benzene rings is 1. The summed E-state index contributed by atoms with van der Waals surface area (Å²) < 4.78 is 0. The molecule has 2 heterocycles. The van der Waals surface area contributed by atoms with Crippen LogP contribution in [0.1, 0.15) is 17.9 Å². The van der Waals surface area contributed by atoms with Crippen LogP contribution in [0, 0.1) is 0 Å². The molecule has 2 N–H and O–H groups in total. The lowest BCUT2D eigenvalue weighted by Crippen LogP contribution is -2.39. The second-order valence-corrected chi connectivity index (χ2v) is 5.28. The van der Waals surface area contributed by atoms with Gasteiger partial charge in [-0.1, -0.05) is 18.2 Å². The van der Waals surface area contributed by atoms with Gasteiger partial charge >= 0.3 is 0 Å². The number of likely N-dealkylation sites (tertiary alicyclic amines) is 1. The molecule has 0 aromatic heterocycles. The molecule has 0 radical (unpaired) electrons. The molecular formula is C14H19N3O. The summed E-state index contributed by atoms with van der Waals surface area (Å²) in [5, 5.41) is 6.47. The maximum atomic E-state index is 12.3. The molecule has 1 aromatic rings. The summed E-state index contributed by atoms with van der Waals surface area (Å²) in [6.07, 6.45) is 1.06. The Morgan fingerprint density at radius 3 is 3.06 bits per heavy atom. The Bertz CT molecular complexity index is 460. The Balaban J connectivity index is 1.67. The fourth-order valence-electron chi connectivity index (χ4n) is 2.87. The maximum absolute atomic E-state index is 12.3. The van der Waals surface area contributed by atoms with E-state index < -0.39 is 0 Å².